The minimum absolute atomic E-state index is 0. The van der Waals surface area contributed by atoms with E-state index in [1.165, 1.54) is 0 Å². The van der Waals surface area contributed by atoms with Gasteiger partial charge in [-0.15, -0.1) is 36.4 Å². The average molecular weight is 667 g/mol. The molecule has 0 aliphatic carbocycles. The van der Waals surface area contributed by atoms with Gasteiger partial charge in [-0.3, -0.25) is 15.0 Å². The second kappa shape index (κ2) is 13.7. The van der Waals surface area contributed by atoms with Crippen molar-refractivity contribution in [1.29, 1.82) is 0 Å². The molecule has 9 nitrogen and oxygen atoms in total. The van der Waals surface area contributed by atoms with E-state index in [1.54, 1.807) is 74.0 Å². The van der Waals surface area contributed by atoms with E-state index in [0.29, 0.717) is 0 Å². The number of aryl methyl sites for hydroxylation is 3. The normalized spacial score (nSPS) is 9.81. The zero-order valence-electron chi connectivity index (χ0n) is 20.5. The Balaban J connectivity index is 0.000000152. The van der Waals surface area contributed by atoms with Gasteiger partial charge in [0, 0.05) is 58.3 Å². The first-order valence-corrected chi connectivity index (χ1v) is 11.0. The van der Waals surface area contributed by atoms with Gasteiger partial charge in [0.15, 0.2) is 0 Å². The zero-order valence-corrected chi connectivity index (χ0v) is 22.9. The SMILES string of the molecule is Cn1ccnc1-c1[c-]ccnc1.Cn1ccnc1-c1[c-]ccnc1.Cn1ccnc1-c1[c-]ccnc1.[Ir+3]. The molecule has 6 aromatic rings. The quantitative estimate of drug-likeness (QED) is 0.267. The maximum atomic E-state index is 4.18. The number of hydrogen-bond donors (Lipinski definition) is 0. The van der Waals surface area contributed by atoms with Gasteiger partial charge in [-0.25, -0.2) is 0 Å². The van der Waals surface area contributed by atoms with Crippen molar-refractivity contribution in [1.82, 2.24) is 43.6 Å². The second-order valence-corrected chi connectivity index (χ2v) is 7.54. The minimum Gasteiger partial charge on any atom is -0.373 e. The molecular weight excluding hydrogens is 643 g/mol. The molecule has 6 rings (SSSR count). The summed E-state index contributed by atoms with van der Waals surface area (Å²) >= 11 is 0. The van der Waals surface area contributed by atoms with Crippen LogP contribution in [-0.2, 0) is 41.2 Å². The molecule has 0 fully saturated rings. The molecule has 10 heteroatoms. The van der Waals surface area contributed by atoms with Crippen molar-refractivity contribution in [2.75, 3.05) is 0 Å². The molecule has 0 atom stereocenters. The molecule has 37 heavy (non-hydrogen) atoms. The van der Waals surface area contributed by atoms with Crippen LogP contribution in [0.15, 0.2) is 92.6 Å². The molecule has 0 aliphatic rings. The van der Waals surface area contributed by atoms with Gasteiger partial charge in [0.2, 0.25) is 0 Å². The van der Waals surface area contributed by atoms with Crippen LogP contribution in [0.3, 0.4) is 0 Å². The Hall–Kier alpha value is -4.27. The standard InChI is InChI=1S/3C9H8N3.Ir/c3*1-12-6-5-11-9(12)8-3-2-4-10-7-8;/h3*2,4-7H,1H3;/q3*-1;+3. The van der Waals surface area contributed by atoms with Crippen LogP contribution < -0.4 is 0 Å². The summed E-state index contributed by atoms with van der Waals surface area (Å²) in [5, 5.41) is 0. The summed E-state index contributed by atoms with van der Waals surface area (Å²) in [6.45, 7) is 0. The van der Waals surface area contributed by atoms with Gasteiger partial charge < -0.3 is 28.7 Å². The smallest absolute Gasteiger partial charge is 0.373 e. The third kappa shape index (κ3) is 7.36. The van der Waals surface area contributed by atoms with Crippen LogP contribution in [0.2, 0.25) is 0 Å². The Kier molecular flexibility index (Phi) is 10.1. The van der Waals surface area contributed by atoms with Gasteiger partial charge in [0.1, 0.15) is 0 Å². The number of nitrogens with zero attached hydrogens (tertiary/aromatic N) is 9. The molecule has 0 bridgehead atoms. The first kappa shape index (κ1) is 27.3. The fraction of sp³-hybridized carbons (Fsp3) is 0.111. The molecule has 0 unspecified atom stereocenters. The van der Waals surface area contributed by atoms with Crippen molar-refractivity contribution in [2.45, 2.75) is 0 Å². The summed E-state index contributed by atoms with van der Waals surface area (Å²) in [7, 11) is 5.84. The van der Waals surface area contributed by atoms with Crippen LogP contribution in [0.5, 0.6) is 0 Å². The number of imidazole rings is 3. The van der Waals surface area contributed by atoms with E-state index in [0.717, 1.165) is 34.2 Å². The number of hydrogen-bond acceptors (Lipinski definition) is 6. The summed E-state index contributed by atoms with van der Waals surface area (Å²) in [4.78, 5) is 24.5. The summed E-state index contributed by atoms with van der Waals surface area (Å²) < 4.78 is 5.81. The van der Waals surface area contributed by atoms with E-state index in [-0.39, 0.29) is 20.1 Å². The van der Waals surface area contributed by atoms with Crippen molar-refractivity contribution in [3.05, 3.63) is 111 Å². The molecular formula is C27H24IrN9. The second-order valence-electron chi connectivity index (χ2n) is 7.54. The Morgan fingerprint density at radius 3 is 0.973 bits per heavy atom. The van der Waals surface area contributed by atoms with Crippen LogP contribution in [0.1, 0.15) is 0 Å². The third-order valence-electron chi connectivity index (χ3n) is 5.00. The summed E-state index contributed by atoms with van der Waals surface area (Å²) in [5.41, 5.74) is 2.76. The Morgan fingerprint density at radius 2 is 0.784 bits per heavy atom. The van der Waals surface area contributed by atoms with Crippen LogP contribution >= 0.6 is 0 Å². The van der Waals surface area contributed by atoms with Gasteiger partial charge in [0.25, 0.3) is 0 Å². The predicted octanol–water partition coefficient (Wildman–Crippen LogP) is 3.84. The summed E-state index contributed by atoms with van der Waals surface area (Å²) in [6, 6.07) is 14.5. The largest absolute Gasteiger partial charge is 3.00 e. The van der Waals surface area contributed by atoms with E-state index in [2.05, 4.69) is 48.1 Å². The molecule has 0 N–H and O–H groups in total. The minimum atomic E-state index is 0. The molecule has 0 saturated heterocycles. The summed E-state index contributed by atoms with van der Waals surface area (Å²) in [5.74, 6) is 2.68. The van der Waals surface area contributed by atoms with Gasteiger partial charge in [-0.2, -0.15) is 0 Å². The summed E-state index contributed by atoms with van der Waals surface area (Å²) in [6.07, 6.45) is 21.3. The van der Waals surface area contributed by atoms with Crippen molar-refractivity contribution in [3.8, 4) is 34.2 Å². The van der Waals surface area contributed by atoms with Gasteiger partial charge in [0.05, 0.1) is 17.5 Å². The van der Waals surface area contributed by atoms with Crippen molar-refractivity contribution >= 4 is 0 Å². The van der Waals surface area contributed by atoms with Crippen LogP contribution in [-0.4, -0.2) is 43.6 Å². The Bertz CT molecular complexity index is 1280. The van der Waals surface area contributed by atoms with Crippen molar-refractivity contribution in [3.63, 3.8) is 0 Å². The van der Waals surface area contributed by atoms with Crippen LogP contribution in [0, 0.1) is 18.2 Å². The third-order valence-corrected chi connectivity index (χ3v) is 5.00. The van der Waals surface area contributed by atoms with Crippen molar-refractivity contribution in [2.24, 2.45) is 21.1 Å². The maximum absolute atomic E-state index is 4.18. The number of rotatable bonds is 3. The van der Waals surface area contributed by atoms with Gasteiger partial charge in [-0.05, 0) is 0 Å². The first-order valence-electron chi connectivity index (χ1n) is 11.0. The molecule has 0 amide bonds. The zero-order chi connectivity index (χ0) is 25.2. The van der Waals surface area contributed by atoms with Crippen LogP contribution in [0.4, 0.5) is 0 Å². The Labute approximate surface area is 229 Å². The molecule has 0 saturated carbocycles. The topological polar surface area (TPSA) is 92.1 Å². The molecule has 186 valence electrons. The van der Waals surface area contributed by atoms with E-state index in [4.69, 9.17) is 0 Å². The van der Waals surface area contributed by atoms with E-state index in [1.807, 2.05) is 53.4 Å². The van der Waals surface area contributed by atoms with E-state index >= 15 is 0 Å². The number of pyridine rings is 3. The molecule has 0 aromatic carbocycles. The number of aromatic nitrogens is 9. The monoisotopic (exact) mass is 667 g/mol. The van der Waals surface area contributed by atoms with E-state index in [9.17, 15) is 0 Å². The Morgan fingerprint density at radius 1 is 0.486 bits per heavy atom. The molecule has 0 spiro atoms. The fourth-order valence-corrected chi connectivity index (χ4v) is 3.22. The molecule has 0 aliphatic heterocycles. The maximum Gasteiger partial charge on any atom is 3.00 e. The van der Waals surface area contributed by atoms with Gasteiger partial charge in [-0.1, -0.05) is 53.9 Å². The molecule has 0 radical (unpaired) electrons. The fourth-order valence-electron chi connectivity index (χ4n) is 3.22. The first-order chi connectivity index (χ1) is 17.6. The van der Waals surface area contributed by atoms with Crippen molar-refractivity contribution < 1.29 is 20.1 Å². The molecule has 6 aromatic heterocycles. The van der Waals surface area contributed by atoms with Gasteiger partial charge >= 0.3 is 20.1 Å². The average Bonchev–Trinajstić information content (AvgIpc) is 3.67. The van der Waals surface area contributed by atoms with E-state index < -0.39 is 0 Å². The predicted molar refractivity (Wildman–Crippen MR) is 136 cm³/mol. The van der Waals surface area contributed by atoms with Crippen LogP contribution in [0.25, 0.3) is 34.2 Å². The molecule has 6 heterocycles.